The Bertz CT molecular complexity index is 2390. The average Bonchev–Trinajstić information content (AvgIpc) is 3.19. The Morgan fingerprint density at radius 2 is 0.685 bits per heavy atom. The molecule has 1 amide bonds. The van der Waals surface area contributed by atoms with Gasteiger partial charge >= 0.3 is 107 Å². The molecule has 0 saturated carbocycles. The summed E-state index contributed by atoms with van der Waals surface area (Å²) in [5.74, 6) is -162. The molecule has 0 radical (unpaired) electrons. The summed E-state index contributed by atoms with van der Waals surface area (Å²) in [5.41, 5.74) is -12.5. The third-order valence-electron chi connectivity index (χ3n) is 9.19. The van der Waals surface area contributed by atoms with Crippen LogP contribution in [0.2, 0.25) is 0 Å². The fraction of sp³-hybridized carbons (Fsp3) is 0.667. The molecule has 0 fully saturated rings. The third-order valence-corrected chi connectivity index (χ3v) is 9.19. The van der Waals surface area contributed by atoms with Crippen LogP contribution in [0.1, 0.15) is 28.4 Å². The lowest BCUT2D eigenvalue weighted by atomic mass is 9.81. The molecule has 1 rings (SSSR count). The van der Waals surface area contributed by atoms with Crippen LogP contribution in [0.15, 0.2) is 16.1 Å². The molecule has 1 aromatic rings. The first-order valence-electron chi connectivity index (χ1n) is 16.5. The highest BCUT2D eigenvalue weighted by Gasteiger charge is 3.02. The van der Waals surface area contributed by atoms with Crippen molar-refractivity contribution in [2.75, 3.05) is 6.73 Å². The van der Waals surface area contributed by atoms with Gasteiger partial charge in [-0.3, -0.25) is 9.59 Å². The number of carbonyl (C=O) groups excluding carboxylic acids is 4. The quantitative estimate of drug-likeness (QED) is 0.0433. The maximum Gasteiger partial charge on any atom is 0.460 e. The SMILES string of the molecule is CC(=O)OCNC(=O)c1c(N=C=O)cc(N=C=O)c(C)c1C(F)(F)C(F)(F)C(F)(F)C(F)(F)C(F)(F)C(F)(F)C(F)(F)C(F)(F)C(F)(F)C(F)(F)C(F)(F)C(F)(F)C(F)(F)C(F)(F)C(F)(F)C(F)(F)C(F)(F)F. The number of amides is 1. The van der Waals surface area contributed by atoms with Gasteiger partial charge in [0.1, 0.15) is 0 Å². The zero-order valence-electron chi connectivity index (χ0n) is 32.9. The van der Waals surface area contributed by atoms with Gasteiger partial charge in [-0.2, -0.15) is 164 Å². The van der Waals surface area contributed by atoms with Gasteiger partial charge < -0.3 is 10.1 Å². The minimum absolute atomic E-state index is 0.219. The lowest BCUT2D eigenvalue weighted by molar-refractivity contribution is -0.492. The summed E-state index contributed by atoms with van der Waals surface area (Å²) >= 11 is 0. The molecule has 43 heteroatoms. The average molecular weight is 1160 g/mol. The molecular formula is C30H10F35N3O5. The Labute approximate surface area is 373 Å². The second-order valence-corrected chi connectivity index (χ2v) is 13.7. The van der Waals surface area contributed by atoms with E-state index in [1.165, 1.54) is 0 Å². The number of nitrogens with one attached hydrogen (secondary N) is 1. The van der Waals surface area contributed by atoms with E-state index in [9.17, 15) is 155 Å². The van der Waals surface area contributed by atoms with Crippen LogP contribution in [0.25, 0.3) is 0 Å². The zero-order valence-corrected chi connectivity index (χ0v) is 32.9. The zero-order chi connectivity index (χ0) is 59.2. The smallest absolute Gasteiger partial charge is 0.445 e. The van der Waals surface area contributed by atoms with Crippen molar-refractivity contribution >= 4 is 35.4 Å². The van der Waals surface area contributed by atoms with Gasteiger partial charge in [-0.1, -0.05) is 0 Å². The first-order chi connectivity index (χ1) is 31.6. The lowest BCUT2D eigenvalue weighted by Crippen LogP contribution is -2.80. The van der Waals surface area contributed by atoms with Gasteiger partial charge in [-0.25, -0.2) is 9.59 Å². The summed E-state index contributed by atoms with van der Waals surface area (Å²) in [6, 6.07) is -0.219. The molecule has 8 nitrogen and oxygen atoms in total. The number of nitrogens with zero attached hydrogens (tertiary/aromatic N) is 2. The van der Waals surface area contributed by atoms with Crippen LogP contribution >= 0.6 is 0 Å². The molecule has 420 valence electrons. The second kappa shape index (κ2) is 18.1. The molecule has 0 spiro atoms. The number of carbonyl (C=O) groups is 2. The number of ether oxygens (including phenoxy) is 1. The molecule has 0 unspecified atom stereocenters. The highest BCUT2D eigenvalue weighted by atomic mass is 19.4. The molecule has 0 aromatic heterocycles. The third kappa shape index (κ3) is 8.48. The van der Waals surface area contributed by atoms with E-state index in [0.29, 0.717) is 13.0 Å². The highest BCUT2D eigenvalue weighted by Crippen LogP contribution is 2.71. The summed E-state index contributed by atoms with van der Waals surface area (Å²) in [6.07, 6.45) is -7.91. The fourth-order valence-corrected chi connectivity index (χ4v) is 5.07. The molecule has 0 aliphatic heterocycles. The van der Waals surface area contributed by atoms with Gasteiger partial charge in [-0.05, 0) is 18.6 Å². The van der Waals surface area contributed by atoms with Crippen LogP contribution in [0.4, 0.5) is 165 Å². The number of alkyl halides is 35. The second-order valence-electron chi connectivity index (χ2n) is 13.7. The van der Waals surface area contributed by atoms with E-state index < -0.39 is 148 Å². The predicted molar refractivity (Wildman–Crippen MR) is 155 cm³/mol. The molecule has 0 saturated heterocycles. The van der Waals surface area contributed by atoms with Gasteiger partial charge in [0, 0.05) is 12.5 Å². The number of halogens is 35. The van der Waals surface area contributed by atoms with E-state index >= 15 is 17.6 Å². The number of esters is 1. The topological polar surface area (TPSA) is 114 Å². The van der Waals surface area contributed by atoms with Crippen LogP contribution in [-0.2, 0) is 25.0 Å². The monoisotopic (exact) mass is 1160 g/mol. The molecule has 1 N–H and O–H groups in total. The molecule has 73 heavy (non-hydrogen) atoms. The molecule has 0 bridgehead atoms. The maximum atomic E-state index is 15.7. The number of rotatable bonds is 21. The standard InChI is InChI=1S/C30H10F35N3O5/c1-7-9(66-4-69)3-10(67-5-70)11(13(72)68-6-73-8(2)71)12(7)14(31,32)15(33,34)16(35,36)17(37,38)18(39,40)19(41,42)20(43,44)21(45,46)22(47,48)23(49,50)24(51,52)25(53,54)26(55,56)27(57,58)28(59,60)29(61,62)30(63,64)65/h3H,6H2,1-2H3,(H,68,72). The van der Waals surface area contributed by atoms with Gasteiger partial charge in [0.05, 0.1) is 16.9 Å². The Morgan fingerprint density at radius 1 is 0.438 bits per heavy atom. The maximum absolute atomic E-state index is 15.7. The minimum atomic E-state index is -10.5. The van der Waals surface area contributed by atoms with E-state index in [-0.39, 0.29) is 19.1 Å². The van der Waals surface area contributed by atoms with Gasteiger partial charge in [0.25, 0.3) is 5.91 Å². The summed E-state index contributed by atoms with van der Waals surface area (Å²) < 4.78 is 499. The van der Waals surface area contributed by atoms with Crippen molar-refractivity contribution in [1.82, 2.24) is 5.32 Å². The van der Waals surface area contributed by atoms with E-state index in [4.69, 9.17) is 0 Å². The Kier molecular flexibility index (Phi) is 16.2. The predicted octanol–water partition coefficient (Wildman–Crippen LogP) is 12.4. The first-order valence-corrected chi connectivity index (χ1v) is 16.5. The minimum Gasteiger partial charge on any atom is -0.445 e. The number of hydrogen-bond donors (Lipinski definition) is 1. The van der Waals surface area contributed by atoms with Gasteiger partial charge in [0.2, 0.25) is 12.2 Å². The molecule has 1 aromatic carbocycles. The highest BCUT2D eigenvalue weighted by molar-refractivity contribution is 6.02. The van der Waals surface area contributed by atoms with Crippen LogP contribution in [0, 0.1) is 6.92 Å². The lowest BCUT2D eigenvalue weighted by Gasteiger charge is -2.47. The van der Waals surface area contributed by atoms with Crippen LogP contribution in [0.5, 0.6) is 0 Å². The van der Waals surface area contributed by atoms with Crippen molar-refractivity contribution in [1.29, 1.82) is 0 Å². The van der Waals surface area contributed by atoms with E-state index in [1.54, 1.807) is 0 Å². The molecule has 0 aliphatic carbocycles. The molecular weight excluding hydrogens is 1150 g/mol. The Balaban J connectivity index is 4.35. The number of isocyanates is 2. The summed E-state index contributed by atoms with van der Waals surface area (Å²) in [4.78, 5) is 50.0. The van der Waals surface area contributed by atoms with Gasteiger partial charge in [0.15, 0.2) is 6.73 Å². The normalized spacial score (nSPS) is 15.4. The molecule has 0 aliphatic rings. The number of aliphatic imine (C=N–C) groups is 2. The van der Waals surface area contributed by atoms with Crippen molar-refractivity contribution in [3.63, 3.8) is 0 Å². The van der Waals surface area contributed by atoms with Crippen LogP contribution < -0.4 is 5.32 Å². The molecule has 0 heterocycles. The van der Waals surface area contributed by atoms with Crippen LogP contribution in [0.3, 0.4) is 0 Å². The van der Waals surface area contributed by atoms with E-state index in [0.717, 1.165) is 5.32 Å². The largest absolute Gasteiger partial charge is 0.460 e. The Hall–Kier alpha value is -5.53. The van der Waals surface area contributed by atoms with Crippen molar-refractivity contribution in [2.45, 2.75) is 115 Å². The van der Waals surface area contributed by atoms with E-state index in [2.05, 4.69) is 14.7 Å². The summed E-state index contributed by atoms with van der Waals surface area (Å²) in [7, 11) is 0. The van der Waals surface area contributed by atoms with Crippen molar-refractivity contribution in [3.8, 4) is 0 Å². The summed E-state index contributed by atoms with van der Waals surface area (Å²) in [5, 5.41) is 1.05. The first kappa shape index (κ1) is 65.5. The van der Waals surface area contributed by atoms with Gasteiger partial charge in [-0.15, -0.1) is 0 Å². The van der Waals surface area contributed by atoms with E-state index in [1.807, 2.05) is 0 Å². The van der Waals surface area contributed by atoms with Crippen molar-refractivity contribution in [2.24, 2.45) is 9.98 Å². The van der Waals surface area contributed by atoms with Crippen LogP contribution in [-0.4, -0.2) is 126 Å². The van der Waals surface area contributed by atoms with Crippen molar-refractivity contribution in [3.05, 3.63) is 22.8 Å². The molecule has 0 atom stereocenters. The number of hydrogen-bond acceptors (Lipinski definition) is 7. The Morgan fingerprint density at radius 3 is 0.932 bits per heavy atom. The van der Waals surface area contributed by atoms with Crippen molar-refractivity contribution < 1.29 is 178 Å². The fourth-order valence-electron chi connectivity index (χ4n) is 5.07. The number of benzene rings is 1. The summed E-state index contributed by atoms with van der Waals surface area (Å²) in [6.45, 7) is -1.56.